The van der Waals surface area contributed by atoms with Crippen LogP contribution in [0.2, 0.25) is 0 Å². The summed E-state index contributed by atoms with van der Waals surface area (Å²) < 4.78 is 13.4. The molecule has 2 aromatic carbocycles. The average molecular weight is 606 g/mol. The van der Waals surface area contributed by atoms with Gasteiger partial charge < -0.3 is 9.47 Å². The maximum atomic E-state index is 12.3. The molecule has 0 amide bonds. The van der Waals surface area contributed by atoms with Crippen molar-refractivity contribution in [3.63, 3.8) is 0 Å². The van der Waals surface area contributed by atoms with E-state index in [9.17, 15) is 4.79 Å². The molecule has 4 nitrogen and oxygen atoms in total. The monoisotopic (exact) mass is 605 g/mol. The normalized spacial score (nSPS) is 39.5. The van der Waals surface area contributed by atoms with Gasteiger partial charge in [-0.15, -0.1) is 0 Å². The van der Waals surface area contributed by atoms with Gasteiger partial charge in [0.15, 0.2) is 5.78 Å². The van der Waals surface area contributed by atoms with Gasteiger partial charge in [-0.25, -0.2) is 0 Å². The molecule has 0 aromatic heterocycles. The number of piperidine rings is 1. The van der Waals surface area contributed by atoms with Crippen LogP contribution in [0.3, 0.4) is 0 Å². The minimum absolute atomic E-state index is 0.0527. The SMILES string of the molecule is CC1=C2C[C@H]3[C@@H](CCC4=CC(=O)CC[C@@]43C)[C@@H]2CCC2(C1)O[C@@H]1C[C@H](C)CN(Cc3ccc(Oc4ccccc4)cc3)[C@H]1[C@H]2C. The van der Waals surface area contributed by atoms with Crippen molar-refractivity contribution in [1.29, 1.82) is 0 Å². The highest BCUT2D eigenvalue weighted by Gasteiger charge is 2.59. The van der Waals surface area contributed by atoms with Crippen molar-refractivity contribution < 1.29 is 14.3 Å². The number of rotatable bonds is 4. The fraction of sp³-hybridized carbons (Fsp3) is 0.585. The second kappa shape index (κ2) is 11.2. The summed E-state index contributed by atoms with van der Waals surface area (Å²) in [6.07, 6.45) is 12.5. The molecule has 4 heteroatoms. The zero-order valence-corrected chi connectivity index (χ0v) is 27.8. The minimum atomic E-state index is -0.0527. The van der Waals surface area contributed by atoms with Gasteiger partial charge in [0.25, 0.3) is 0 Å². The zero-order valence-electron chi connectivity index (χ0n) is 27.8. The highest BCUT2D eigenvalue weighted by molar-refractivity contribution is 5.91. The molecular formula is C41H51NO3. The maximum Gasteiger partial charge on any atom is 0.155 e. The molecule has 2 heterocycles. The zero-order chi connectivity index (χ0) is 30.9. The molecule has 2 saturated heterocycles. The summed E-state index contributed by atoms with van der Waals surface area (Å²) in [6, 6.07) is 19.2. The molecule has 8 rings (SSSR count). The molecule has 238 valence electrons. The molecule has 2 saturated carbocycles. The van der Waals surface area contributed by atoms with Crippen molar-refractivity contribution in [1.82, 2.24) is 4.90 Å². The Morgan fingerprint density at radius 2 is 1.76 bits per heavy atom. The highest BCUT2D eigenvalue weighted by Crippen LogP contribution is 2.64. The van der Waals surface area contributed by atoms with Crippen LogP contribution in [0, 0.1) is 35.0 Å². The van der Waals surface area contributed by atoms with Gasteiger partial charge in [0.1, 0.15) is 11.5 Å². The van der Waals surface area contributed by atoms with Crippen LogP contribution < -0.4 is 4.74 Å². The van der Waals surface area contributed by atoms with E-state index in [1.54, 1.807) is 11.1 Å². The number of hydrogen-bond acceptors (Lipinski definition) is 4. The van der Waals surface area contributed by atoms with Crippen molar-refractivity contribution in [3.05, 3.63) is 83.0 Å². The standard InChI is InChI=1S/C41H51NO3/c1-26-20-38-39(42(24-26)25-29-10-13-33(14-11-29)44-32-8-6-5-7-9-32)28(3)41(45-38)19-17-34-35-15-12-30-21-31(43)16-18-40(30,4)37(35)22-36(34)27(2)23-41/h5-11,13-14,21,26,28,34-35,37-39H,12,15-20,22-25H2,1-4H3/t26-,28+,34-,35-,37-,38+,39-,40-,41?/m0/s1. The van der Waals surface area contributed by atoms with Gasteiger partial charge in [-0.3, -0.25) is 9.69 Å². The lowest BCUT2D eigenvalue weighted by molar-refractivity contribution is -0.116. The van der Waals surface area contributed by atoms with Gasteiger partial charge in [-0.2, -0.15) is 0 Å². The lowest BCUT2D eigenvalue weighted by atomic mass is 9.56. The number of benzene rings is 2. The van der Waals surface area contributed by atoms with Crippen LogP contribution in [0.4, 0.5) is 0 Å². The van der Waals surface area contributed by atoms with Gasteiger partial charge >= 0.3 is 0 Å². The molecule has 6 aliphatic rings. The molecule has 2 aromatic rings. The Hall–Kier alpha value is -2.69. The number of ketones is 1. The number of hydrogen-bond donors (Lipinski definition) is 0. The first-order valence-corrected chi connectivity index (χ1v) is 17.9. The Labute approximate surface area is 270 Å². The number of para-hydroxylation sites is 1. The third-order valence-electron chi connectivity index (χ3n) is 13.4. The predicted octanol–water partition coefficient (Wildman–Crippen LogP) is 9.31. The first kappa shape index (κ1) is 29.7. The van der Waals surface area contributed by atoms with Gasteiger partial charge in [-0.1, -0.05) is 67.8 Å². The van der Waals surface area contributed by atoms with Crippen LogP contribution in [0.1, 0.15) is 91.0 Å². The molecule has 45 heavy (non-hydrogen) atoms. The summed E-state index contributed by atoms with van der Waals surface area (Å²) in [6.45, 7) is 12.0. The van der Waals surface area contributed by atoms with Crippen LogP contribution in [0.25, 0.3) is 0 Å². The number of allylic oxidation sites excluding steroid dienone is 3. The number of carbonyl (C=O) groups is 1. The first-order valence-electron chi connectivity index (χ1n) is 17.9. The Bertz CT molecular complexity index is 1510. The Morgan fingerprint density at radius 3 is 2.56 bits per heavy atom. The van der Waals surface area contributed by atoms with Gasteiger partial charge in [0, 0.05) is 31.5 Å². The minimum Gasteiger partial charge on any atom is -0.457 e. The van der Waals surface area contributed by atoms with Crippen LogP contribution in [-0.4, -0.2) is 35.0 Å². The molecule has 4 aliphatic carbocycles. The Morgan fingerprint density at radius 1 is 0.978 bits per heavy atom. The quantitative estimate of drug-likeness (QED) is 0.326. The summed E-state index contributed by atoms with van der Waals surface area (Å²) in [4.78, 5) is 15.1. The fourth-order valence-corrected chi connectivity index (χ4v) is 11.2. The van der Waals surface area contributed by atoms with Gasteiger partial charge in [0.2, 0.25) is 0 Å². The molecular weight excluding hydrogens is 554 g/mol. The third kappa shape index (κ3) is 5.06. The second-order valence-electron chi connectivity index (χ2n) is 16.0. The fourth-order valence-electron chi connectivity index (χ4n) is 11.2. The van der Waals surface area contributed by atoms with E-state index in [4.69, 9.17) is 9.47 Å². The van der Waals surface area contributed by atoms with Crippen LogP contribution in [-0.2, 0) is 16.1 Å². The maximum absolute atomic E-state index is 12.3. The summed E-state index contributed by atoms with van der Waals surface area (Å²) in [5, 5.41) is 0. The second-order valence-corrected chi connectivity index (χ2v) is 16.0. The van der Waals surface area contributed by atoms with Crippen molar-refractivity contribution in [2.75, 3.05) is 6.54 Å². The smallest absolute Gasteiger partial charge is 0.155 e. The van der Waals surface area contributed by atoms with Crippen molar-refractivity contribution >= 4 is 5.78 Å². The molecule has 2 aliphatic heterocycles. The van der Waals surface area contributed by atoms with Gasteiger partial charge in [-0.05, 0) is 123 Å². The topological polar surface area (TPSA) is 38.8 Å². The number of likely N-dealkylation sites (tertiary alicyclic amines) is 1. The van der Waals surface area contributed by atoms with Gasteiger partial charge in [0.05, 0.1) is 11.7 Å². The van der Waals surface area contributed by atoms with E-state index < -0.39 is 0 Å². The average Bonchev–Trinajstić information content (AvgIpc) is 3.49. The van der Waals surface area contributed by atoms with Crippen LogP contribution in [0.15, 0.2) is 77.4 Å². The summed E-state index contributed by atoms with van der Waals surface area (Å²) in [5.74, 6) is 5.43. The summed E-state index contributed by atoms with van der Waals surface area (Å²) >= 11 is 0. The predicted molar refractivity (Wildman–Crippen MR) is 179 cm³/mol. The molecule has 1 unspecified atom stereocenters. The Balaban J connectivity index is 1.01. The first-order chi connectivity index (χ1) is 21.7. The lowest BCUT2D eigenvalue weighted by Crippen LogP contribution is -2.51. The van der Waals surface area contributed by atoms with E-state index in [0.717, 1.165) is 56.2 Å². The van der Waals surface area contributed by atoms with Crippen LogP contribution in [0.5, 0.6) is 11.5 Å². The number of fused-ring (bicyclic) bond motifs is 6. The van der Waals surface area contributed by atoms with E-state index in [1.165, 1.54) is 43.2 Å². The summed E-state index contributed by atoms with van der Waals surface area (Å²) in [5.41, 5.74) is 6.39. The highest BCUT2D eigenvalue weighted by atomic mass is 16.5. The van der Waals surface area contributed by atoms with Crippen molar-refractivity contribution in [3.8, 4) is 11.5 Å². The number of nitrogens with zero attached hydrogens (tertiary/aromatic N) is 1. The molecule has 4 fully saturated rings. The van der Waals surface area contributed by atoms with Crippen LogP contribution >= 0.6 is 0 Å². The van der Waals surface area contributed by atoms with E-state index >= 15 is 0 Å². The summed E-state index contributed by atoms with van der Waals surface area (Å²) in [7, 11) is 0. The third-order valence-corrected chi connectivity index (χ3v) is 13.4. The van der Waals surface area contributed by atoms with Crippen molar-refractivity contribution in [2.45, 2.75) is 110 Å². The van der Waals surface area contributed by atoms with E-state index in [0.29, 0.717) is 41.6 Å². The molecule has 9 atom stereocenters. The molecule has 1 spiro atoms. The molecule has 0 N–H and O–H groups in total. The lowest BCUT2D eigenvalue weighted by Gasteiger charge is -2.48. The number of ether oxygens (including phenoxy) is 2. The largest absolute Gasteiger partial charge is 0.457 e. The molecule has 0 radical (unpaired) electrons. The van der Waals surface area contributed by atoms with E-state index in [-0.39, 0.29) is 11.0 Å². The van der Waals surface area contributed by atoms with Crippen molar-refractivity contribution in [2.24, 2.45) is 35.0 Å². The van der Waals surface area contributed by atoms with E-state index in [2.05, 4.69) is 56.9 Å². The van der Waals surface area contributed by atoms with E-state index in [1.807, 2.05) is 36.4 Å². The number of carbonyl (C=O) groups excluding carboxylic acids is 1. The Kier molecular flexibility index (Phi) is 7.41. The molecule has 0 bridgehead atoms.